The number of benzene rings is 2. The Bertz CT molecular complexity index is 1420. The Labute approximate surface area is 174 Å². The Morgan fingerprint density at radius 1 is 1.13 bits per heavy atom. The molecule has 1 aliphatic rings. The van der Waals surface area contributed by atoms with Crippen molar-refractivity contribution in [2.24, 2.45) is 0 Å². The molecule has 2 N–H and O–H groups in total. The van der Waals surface area contributed by atoms with Gasteiger partial charge < -0.3 is 14.8 Å². The molecule has 1 aliphatic heterocycles. The topological polar surface area (TPSA) is 111 Å². The lowest BCUT2D eigenvalue weighted by Crippen LogP contribution is -2.34. The molecule has 31 heavy (non-hydrogen) atoms. The van der Waals surface area contributed by atoms with Gasteiger partial charge in [0.05, 0.1) is 5.69 Å². The van der Waals surface area contributed by atoms with Crippen LogP contribution >= 0.6 is 0 Å². The summed E-state index contributed by atoms with van der Waals surface area (Å²) in [5, 5.41) is 3.19. The van der Waals surface area contributed by atoms with Crippen molar-refractivity contribution < 1.29 is 13.9 Å². The molecule has 0 saturated heterocycles. The second kappa shape index (κ2) is 7.56. The number of rotatable bonds is 5. The number of halogens is 1. The maximum Gasteiger partial charge on any atom is 0.334 e. The van der Waals surface area contributed by atoms with Crippen LogP contribution in [0.2, 0.25) is 0 Å². The van der Waals surface area contributed by atoms with Crippen molar-refractivity contribution >= 4 is 17.0 Å². The summed E-state index contributed by atoms with van der Waals surface area (Å²) in [6.45, 7) is 0.747. The number of hydrogen-bond acceptors (Lipinski definition) is 7. The van der Waals surface area contributed by atoms with Gasteiger partial charge in [0.1, 0.15) is 11.2 Å². The van der Waals surface area contributed by atoms with Crippen LogP contribution in [-0.4, -0.2) is 32.9 Å². The lowest BCUT2D eigenvalue weighted by atomic mass is 10.1. The highest BCUT2D eigenvalue weighted by Gasteiger charge is 2.14. The summed E-state index contributed by atoms with van der Waals surface area (Å²) in [4.78, 5) is 36.2. The van der Waals surface area contributed by atoms with Gasteiger partial charge in [-0.15, -0.1) is 0 Å². The molecule has 5 rings (SSSR count). The van der Waals surface area contributed by atoms with Crippen molar-refractivity contribution in [1.82, 2.24) is 19.5 Å². The number of aromatic nitrogens is 4. The summed E-state index contributed by atoms with van der Waals surface area (Å²) in [5.74, 6) is 1.16. The zero-order valence-electron chi connectivity index (χ0n) is 16.1. The maximum absolute atomic E-state index is 13.5. The number of anilines is 1. The lowest BCUT2D eigenvalue weighted by Gasteiger charge is -2.08. The first kappa shape index (κ1) is 18.8. The molecule has 0 spiro atoms. The number of hydrogen-bond donors (Lipinski definition) is 2. The van der Waals surface area contributed by atoms with Crippen LogP contribution in [0.15, 0.2) is 58.3 Å². The summed E-state index contributed by atoms with van der Waals surface area (Å²) >= 11 is 0. The zero-order chi connectivity index (χ0) is 21.4. The number of H-pyrrole nitrogens is 1. The molecular weight excluding hydrogens is 405 g/mol. The van der Waals surface area contributed by atoms with Crippen LogP contribution in [0.3, 0.4) is 0 Å². The summed E-state index contributed by atoms with van der Waals surface area (Å²) in [6, 6.07) is 11.0. The first-order valence-corrected chi connectivity index (χ1v) is 9.49. The Kier molecular flexibility index (Phi) is 4.58. The predicted molar refractivity (Wildman–Crippen MR) is 110 cm³/mol. The molecule has 0 saturated carbocycles. The molecule has 0 bridgehead atoms. The number of nitrogens with one attached hydrogen (secondary N) is 2. The minimum absolute atomic E-state index is 0.100. The van der Waals surface area contributed by atoms with Crippen LogP contribution in [0.25, 0.3) is 16.7 Å². The molecule has 4 aromatic rings. The third-order valence-corrected chi connectivity index (χ3v) is 4.85. The van der Waals surface area contributed by atoms with E-state index in [9.17, 15) is 14.0 Å². The van der Waals surface area contributed by atoms with E-state index in [0.29, 0.717) is 18.7 Å². The Morgan fingerprint density at radius 3 is 2.87 bits per heavy atom. The molecule has 0 atom stereocenters. The van der Waals surface area contributed by atoms with Crippen LogP contribution in [-0.2, 0) is 6.42 Å². The molecule has 0 unspecified atom stereocenters. The van der Waals surface area contributed by atoms with Crippen LogP contribution in [0.1, 0.15) is 5.56 Å². The standard InChI is InChI=1S/C21H16FN5O4/c22-13-2-1-3-14(9-13)27-19(28)15-10-24-20(25-18(15)26-21(27)29)23-7-6-12-4-5-16-17(8-12)31-11-30-16/h1-5,8-10H,6-7,11H2,(H2,23,24,25,26,29). The van der Waals surface area contributed by atoms with E-state index in [2.05, 4.69) is 20.3 Å². The van der Waals surface area contributed by atoms with Crippen molar-refractivity contribution in [3.8, 4) is 17.2 Å². The third-order valence-electron chi connectivity index (χ3n) is 4.85. The fraction of sp³-hybridized carbons (Fsp3) is 0.143. The fourth-order valence-corrected chi connectivity index (χ4v) is 3.35. The van der Waals surface area contributed by atoms with Crippen molar-refractivity contribution in [2.45, 2.75) is 6.42 Å². The Balaban J connectivity index is 1.37. The summed E-state index contributed by atoms with van der Waals surface area (Å²) in [5.41, 5.74) is -0.0735. The second-order valence-corrected chi connectivity index (χ2v) is 6.87. The largest absolute Gasteiger partial charge is 0.454 e. The highest BCUT2D eigenvalue weighted by Crippen LogP contribution is 2.32. The van der Waals surface area contributed by atoms with E-state index in [0.717, 1.165) is 21.9 Å². The van der Waals surface area contributed by atoms with Crippen LogP contribution < -0.4 is 26.0 Å². The zero-order valence-corrected chi connectivity index (χ0v) is 16.1. The third kappa shape index (κ3) is 3.59. The SMILES string of the molecule is O=c1[nH]c2nc(NCCc3ccc4c(c3)OCO4)ncc2c(=O)n1-c1cccc(F)c1. The quantitative estimate of drug-likeness (QED) is 0.507. The van der Waals surface area contributed by atoms with E-state index in [1.165, 1.54) is 24.4 Å². The van der Waals surface area contributed by atoms with Gasteiger partial charge in [-0.05, 0) is 42.3 Å². The van der Waals surface area contributed by atoms with E-state index in [1.54, 1.807) is 0 Å². The van der Waals surface area contributed by atoms with Gasteiger partial charge in [-0.3, -0.25) is 9.78 Å². The Morgan fingerprint density at radius 2 is 2.00 bits per heavy atom. The normalized spacial score (nSPS) is 12.3. The molecule has 0 aliphatic carbocycles. The molecule has 10 heteroatoms. The molecule has 0 amide bonds. The van der Waals surface area contributed by atoms with Crippen molar-refractivity contribution in [3.63, 3.8) is 0 Å². The highest BCUT2D eigenvalue weighted by molar-refractivity contribution is 5.73. The highest BCUT2D eigenvalue weighted by atomic mass is 19.1. The van der Waals surface area contributed by atoms with Crippen LogP contribution in [0.5, 0.6) is 11.5 Å². The lowest BCUT2D eigenvalue weighted by molar-refractivity contribution is 0.174. The van der Waals surface area contributed by atoms with Gasteiger partial charge in [-0.2, -0.15) is 4.98 Å². The number of aromatic amines is 1. The number of fused-ring (bicyclic) bond motifs is 2. The molecule has 2 aromatic heterocycles. The molecule has 156 valence electrons. The van der Waals surface area contributed by atoms with Gasteiger partial charge in [0.15, 0.2) is 17.1 Å². The van der Waals surface area contributed by atoms with Gasteiger partial charge >= 0.3 is 5.69 Å². The van der Waals surface area contributed by atoms with Gasteiger partial charge in [0.2, 0.25) is 12.7 Å². The van der Waals surface area contributed by atoms with E-state index >= 15 is 0 Å². The van der Waals surface area contributed by atoms with E-state index in [-0.39, 0.29) is 29.5 Å². The van der Waals surface area contributed by atoms with Crippen LogP contribution in [0, 0.1) is 5.82 Å². The monoisotopic (exact) mass is 421 g/mol. The number of ether oxygens (including phenoxy) is 2. The summed E-state index contributed by atoms with van der Waals surface area (Å²) in [6.07, 6.45) is 2.01. The molecular formula is C21H16FN5O4. The van der Waals surface area contributed by atoms with E-state index in [4.69, 9.17) is 9.47 Å². The average molecular weight is 421 g/mol. The summed E-state index contributed by atoms with van der Waals surface area (Å²) in [7, 11) is 0. The minimum atomic E-state index is -0.715. The molecule has 0 fully saturated rings. The predicted octanol–water partition coefficient (Wildman–Crippen LogP) is 1.99. The van der Waals surface area contributed by atoms with Crippen LogP contribution in [0.4, 0.5) is 10.3 Å². The first-order valence-electron chi connectivity index (χ1n) is 9.49. The smallest absolute Gasteiger partial charge is 0.334 e. The van der Waals surface area contributed by atoms with Gasteiger partial charge in [0, 0.05) is 12.7 Å². The minimum Gasteiger partial charge on any atom is -0.454 e. The van der Waals surface area contributed by atoms with Gasteiger partial charge in [-0.25, -0.2) is 18.7 Å². The van der Waals surface area contributed by atoms with E-state index < -0.39 is 17.1 Å². The molecule has 9 nitrogen and oxygen atoms in total. The summed E-state index contributed by atoms with van der Waals surface area (Å²) < 4.78 is 25.0. The number of nitrogens with zero attached hydrogens (tertiary/aromatic N) is 3. The van der Waals surface area contributed by atoms with E-state index in [1.807, 2.05) is 18.2 Å². The first-order chi connectivity index (χ1) is 15.1. The maximum atomic E-state index is 13.5. The molecule has 0 radical (unpaired) electrons. The molecule has 2 aromatic carbocycles. The van der Waals surface area contributed by atoms with Crippen molar-refractivity contribution in [3.05, 3.63) is 80.9 Å². The average Bonchev–Trinajstić information content (AvgIpc) is 3.21. The van der Waals surface area contributed by atoms with Crippen molar-refractivity contribution in [1.29, 1.82) is 0 Å². The van der Waals surface area contributed by atoms with Gasteiger partial charge in [-0.1, -0.05) is 12.1 Å². The Hall–Kier alpha value is -4.21. The second-order valence-electron chi connectivity index (χ2n) is 6.87. The van der Waals surface area contributed by atoms with Gasteiger partial charge in [0.25, 0.3) is 5.56 Å². The fourth-order valence-electron chi connectivity index (χ4n) is 3.35. The van der Waals surface area contributed by atoms with Crippen molar-refractivity contribution in [2.75, 3.05) is 18.7 Å². The molecule has 3 heterocycles.